The Hall–Kier alpha value is -2.40. The lowest BCUT2D eigenvalue weighted by molar-refractivity contribution is -0.119. The molecule has 4 rings (SSSR count). The summed E-state index contributed by atoms with van der Waals surface area (Å²) in [5.74, 6) is 0.629. The highest BCUT2D eigenvalue weighted by Crippen LogP contribution is 2.45. The molecular weight excluding hydrogens is 406 g/mol. The molecule has 2 aromatic carbocycles. The Balaban J connectivity index is 1.87. The number of benzene rings is 2. The topological polar surface area (TPSA) is 46.6 Å². The predicted molar refractivity (Wildman–Crippen MR) is 108 cm³/mol. The third-order valence-electron chi connectivity index (χ3n) is 5.27. The van der Waals surface area contributed by atoms with Crippen molar-refractivity contribution in [1.29, 1.82) is 0 Å². The number of halogens is 1. The van der Waals surface area contributed by atoms with E-state index >= 15 is 0 Å². The molecule has 1 aliphatic heterocycles. The largest absolute Gasteiger partial charge is 0.496 e. The molecule has 0 spiro atoms. The van der Waals surface area contributed by atoms with E-state index in [2.05, 4.69) is 15.9 Å². The summed E-state index contributed by atoms with van der Waals surface area (Å²) in [4.78, 5) is 27.8. The molecule has 0 radical (unpaired) electrons. The van der Waals surface area contributed by atoms with Crippen molar-refractivity contribution in [3.63, 3.8) is 0 Å². The first-order chi connectivity index (χ1) is 13.1. The monoisotopic (exact) mass is 425 g/mol. The molecule has 0 saturated carbocycles. The van der Waals surface area contributed by atoms with Gasteiger partial charge in [-0.15, -0.1) is 0 Å². The molecule has 4 nitrogen and oxygen atoms in total. The maximum absolute atomic E-state index is 13.2. The van der Waals surface area contributed by atoms with Crippen molar-refractivity contribution in [3.8, 4) is 5.75 Å². The zero-order valence-electron chi connectivity index (χ0n) is 15.1. The molecule has 2 aromatic rings. The van der Waals surface area contributed by atoms with E-state index in [-0.39, 0.29) is 24.0 Å². The standard InChI is InChI=1S/C22H20BrNO3/c1-27-20-8-3-2-5-16(20)17-13-21(26)24(15-11-9-14(23)10-12-15)18-6-4-7-19(25)22(17)18/h2-3,5,8-12,17H,4,6-7,13H2,1H3. The van der Waals surface area contributed by atoms with Crippen LogP contribution in [0, 0.1) is 0 Å². The molecule has 0 N–H and O–H groups in total. The molecule has 1 aliphatic carbocycles. The molecule has 138 valence electrons. The molecule has 0 aromatic heterocycles. The number of methoxy groups -OCH3 is 1. The summed E-state index contributed by atoms with van der Waals surface area (Å²) < 4.78 is 6.46. The van der Waals surface area contributed by atoms with Crippen molar-refractivity contribution in [2.24, 2.45) is 0 Å². The number of nitrogens with zero attached hydrogens (tertiary/aromatic N) is 1. The van der Waals surface area contributed by atoms with Gasteiger partial charge in [-0.1, -0.05) is 34.1 Å². The number of Topliss-reactive ketones (excluding diaryl/α,β-unsaturated/α-hetero) is 1. The third-order valence-corrected chi connectivity index (χ3v) is 5.80. The van der Waals surface area contributed by atoms with Gasteiger partial charge >= 0.3 is 0 Å². The van der Waals surface area contributed by atoms with E-state index in [1.165, 1.54) is 0 Å². The number of ketones is 1. The number of para-hydroxylation sites is 1. The first-order valence-corrected chi connectivity index (χ1v) is 9.87. The molecule has 1 amide bonds. The summed E-state index contributed by atoms with van der Waals surface area (Å²) in [6.07, 6.45) is 2.30. The number of ether oxygens (including phenoxy) is 1. The van der Waals surface area contributed by atoms with Gasteiger partial charge in [-0.3, -0.25) is 14.5 Å². The predicted octanol–water partition coefficient (Wildman–Crippen LogP) is 4.99. The molecule has 1 heterocycles. The highest BCUT2D eigenvalue weighted by molar-refractivity contribution is 9.10. The van der Waals surface area contributed by atoms with Gasteiger partial charge in [0, 0.05) is 45.8 Å². The average molecular weight is 426 g/mol. The van der Waals surface area contributed by atoms with E-state index in [0.29, 0.717) is 6.42 Å². The molecule has 0 saturated heterocycles. The highest BCUT2D eigenvalue weighted by Gasteiger charge is 2.40. The van der Waals surface area contributed by atoms with Crippen molar-refractivity contribution in [2.75, 3.05) is 12.0 Å². The van der Waals surface area contributed by atoms with Gasteiger partial charge in [-0.25, -0.2) is 0 Å². The highest BCUT2D eigenvalue weighted by atomic mass is 79.9. The molecule has 5 heteroatoms. The van der Waals surface area contributed by atoms with Gasteiger partial charge in [0.05, 0.1) is 7.11 Å². The normalized spacial score (nSPS) is 19.9. The van der Waals surface area contributed by atoms with Crippen LogP contribution in [-0.2, 0) is 9.59 Å². The number of hydrogen-bond acceptors (Lipinski definition) is 3. The zero-order valence-corrected chi connectivity index (χ0v) is 16.7. The Morgan fingerprint density at radius 1 is 1.04 bits per heavy atom. The van der Waals surface area contributed by atoms with Crippen molar-refractivity contribution < 1.29 is 14.3 Å². The number of amides is 1. The quantitative estimate of drug-likeness (QED) is 0.695. The van der Waals surface area contributed by atoms with Crippen LogP contribution in [0.1, 0.15) is 37.2 Å². The summed E-state index contributed by atoms with van der Waals surface area (Å²) >= 11 is 3.44. The van der Waals surface area contributed by atoms with Crippen molar-refractivity contribution in [3.05, 3.63) is 69.8 Å². The number of hydrogen-bond donors (Lipinski definition) is 0. The maximum Gasteiger partial charge on any atom is 0.232 e. The lowest BCUT2D eigenvalue weighted by atomic mass is 9.77. The first kappa shape index (κ1) is 18.0. The Bertz CT molecular complexity index is 933. The van der Waals surface area contributed by atoms with E-state index in [0.717, 1.165) is 45.6 Å². The number of rotatable bonds is 3. The Kier molecular flexibility index (Phi) is 4.87. The van der Waals surface area contributed by atoms with Gasteiger partial charge in [0.25, 0.3) is 0 Å². The van der Waals surface area contributed by atoms with E-state index < -0.39 is 0 Å². The molecule has 1 unspecified atom stereocenters. The average Bonchev–Trinajstić information content (AvgIpc) is 2.68. The second kappa shape index (κ2) is 7.31. The Morgan fingerprint density at radius 3 is 2.52 bits per heavy atom. The van der Waals surface area contributed by atoms with Crippen molar-refractivity contribution >= 4 is 33.3 Å². The smallest absolute Gasteiger partial charge is 0.232 e. The van der Waals surface area contributed by atoms with Crippen LogP contribution in [0.25, 0.3) is 0 Å². The summed E-state index contributed by atoms with van der Waals surface area (Å²) in [5.41, 5.74) is 3.34. The maximum atomic E-state index is 13.2. The van der Waals surface area contributed by atoms with Gasteiger partial charge < -0.3 is 4.74 Å². The zero-order chi connectivity index (χ0) is 19.0. The van der Waals surface area contributed by atoms with Crippen LogP contribution < -0.4 is 9.64 Å². The Labute approximate surface area is 167 Å². The minimum Gasteiger partial charge on any atom is -0.496 e. The lowest BCUT2D eigenvalue weighted by Gasteiger charge is -2.38. The fraction of sp³-hybridized carbons (Fsp3) is 0.273. The Morgan fingerprint density at radius 2 is 1.78 bits per heavy atom. The van der Waals surface area contributed by atoms with E-state index in [9.17, 15) is 9.59 Å². The summed E-state index contributed by atoms with van der Waals surface area (Å²) in [6, 6.07) is 15.3. The van der Waals surface area contributed by atoms with Crippen LogP contribution in [0.15, 0.2) is 64.3 Å². The SMILES string of the molecule is COc1ccccc1C1CC(=O)N(c2ccc(Br)cc2)C2=C1C(=O)CCC2. The van der Waals surface area contributed by atoms with Gasteiger partial charge in [0.15, 0.2) is 5.78 Å². The van der Waals surface area contributed by atoms with Gasteiger partial charge in [0.1, 0.15) is 5.75 Å². The first-order valence-electron chi connectivity index (χ1n) is 9.08. The molecule has 1 atom stereocenters. The summed E-state index contributed by atoms with van der Waals surface area (Å²) in [6.45, 7) is 0. The molecular formula is C22H20BrNO3. The van der Waals surface area contributed by atoms with E-state index in [1.807, 2.05) is 48.5 Å². The van der Waals surface area contributed by atoms with Crippen LogP contribution in [-0.4, -0.2) is 18.8 Å². The number of allylic oxidation sites excluding steroid dienone is 2. The minimum atomic E-state index is -0.247. The van der Waals surface area contributed by atoms with Gasteiger partial charge in [-0.2, -0.15) is 0 Å². The van der Waals surface area contributed by atoms with Crippen molar-refractivity contribution in [2.45, 2.75) is 31.6 Å². The number of carbonyl (C=O) groups excluding carboxylic acids is 2. The molecule has 27 heavy (non-hydrogen) atoms. The summed E-state index contributed by atoms with van der Waals surface area (Å²) in [5, 5.41) is 0. The van der Waals surface area contributed by atoms with Gasteiger partial charge in [0.2, 0.25) is 5.91 Å². The molecule has 2 aliphatic rings. The second-order valence-corrected chi connectivity index (χ2v) is 7.76. The minimum absolute atomic E-state index is 0.0154. The van der Waals surface area contributed by atoms with Crippen LogP contribution >= 0.6 is 15.9 Å². The van der Waals surface area contributed by atoms with E-state index in [1.54, 1.807) is 12.0 Å². The fourth-order valence-corrected chi connectivity index (χ4v) is 4.37. The lowest BCUT2D eigenvalue weighted by Crippen LogP contribution is -2.40. The third kappa shape index (κ3) is 3.21. The van der Waals surface area contributed by atoms with Crippen LogP contribution in [0.2, 0.25) is 0 Å². The van der Waals surface area contributed by atoms with Crippen LogP contribution in [0.3, 0.4) is 0 Å². The van der Waals surface area contributed by atoms with Crippen LogP contribution in [0.5, 0.6) is 5.75 Å². The number of carbonyl (C=O) groups is 2. The second-order valence-electron chi connectivity index (χ2n) is 6.84. The molecule has 0 fully saturated rings. The fourth-order valence-electron chi connectivity index (χ4n) is 4.10. The molecule has 0 bridgehead atoms. The summed E-state index contributed by atoms with van der Waals surface area (Å²) in [7, 11) is 1.62. The number of anilines is 1. The van der Waals surface area contributed by atoms with E-state index in [4.69, 9.17) is 4.74 Å². The van der Waals surface area contributed by atoms with Gasteiger partial charge in [-0.05, 0) is 43.2 Å². The van der Waals surface area contributed by atoms with Crippen molar-refractivity contribution in [1.82, 2.24) is 0 Å². The van der Waals surface area contributed by atoms with Crippen LogP contribution in [0.4, 0.5) is 5.69 Å².